The van der Waals surface area contributed by atoms with Gasteiger partial charge in [-0.2, -0.15) is 0 Å². The average Bonchev–Trinajstić information content (AvgIpc) is 3.19. The number of fused-ring (bicyclic) bond motifs is 1. The first-order valence-electron chi connectivity index (χ1n) is 9.88. The molecule has 1 aromatic heterocycles. The smallest absolute Gasteiger partial charge is 0.252 e. The Morgan fingerprint density at radius 1 is 1.19 bits per heavy atom. The molecular weight excluding hydrogens is 453 g/mol. The average molecular weight is 474 g/mol. The van der Waals surface area contributed by atoms with Gasteiger partial charge in [0.2, 0.25) is 0 Å². The summed E-state index contributed by atoms with van der Waals surface area (Å²) in [4.78, 5) is 12.9. The Bertz CT molecular complexity index is 1180. The lowest BCUT2D eigenvalue weighted by atomic mass is 9.98. The van der Waals surface area contributed by atoms with Crippen molar-refractivity contribution in [2.24, 2.45) is 0 Å². The fourth-order valence-electron chi connectivity index (χ4n) is 3.71. The fraction of sp³-hybridized carbons (Fsp3) is 0.208. The van der Waals surface area contributed by atoms with Gasteiger partial charge < -0.3 is 9.84 Å². The summed E-state index contributed by atoms with van der Waals surface area (Å²) >= 11 is 13.7. The summed E-state index contributed by atoms with van der Waals surface area (Å²) in [5, 5.41) is 11.9. The first-order valence-corrected chi connectivity index (χ1v) is 11.6. The largest absolute Gasteiger partial charge is 0.511 e. The first-order chi connectivity index (χ1) is 15.0. The Morgan fingerprint density at radius 3 is 2.68 bits per heavy atom. The number of aromatic nitrogens is 1. The molecule has 1 N–H and O–H groups in total. The minimum absolute atomic E-state index is 0.00774. The lowest BCUT2D eigenvalue weighted by Gasteiger charge is -2.18. The van der Waals surface area contributed by atoms with Crippen molar-refractivity contribution in [2.45, 2.75) is 23.9 Å². The molecule has 7 heteroatoms. The molecule has 4 rings (SSSR count). The standard InChI is InChI=1S/C24H21Cl2NO3S/c1-15(28)20-14-31-24-23(16-6-3-2-4-7-16)17(12-22(29)27(20)24)8-5-11-30-21-10-9-18(25)13-19(21)26/h2-4,6-7,9-10,12-13,20,28H,1,5,8,11,14H2/t20-/m0/s1. The van der Waals surface area contributed by atoms with Crippen molar-refractivity contribution >= 4 is 35.0 Å². The zero-order chi connectivity index (χ0) is 22.0. The molecule has 160 valence electrons. The highest BCUT2D eigenvalue weighted by molar-refractivity contribution is 7.99. The molecule has 1 atom stereocenters. The van der Waals surface area contributed by atoms with Crippen molar-refractivity contribution in [2.75, 3.05) is 12.4 Å². The minimum Gasteiger partial charge on any atom is -0.511 e. The molecule has 0 saturated heterocycles. The number of benzene rings is 2. The quantitative estimate of drug-likeness (QED) is 0.312. The third-order valence-electron chi connectivity index (χ3n) is 5.17. The van der Waals surface area contributed by atoms with E-state index in [9.17, 15) is 9.90 Å². The molecule has 2 heterocycles. The predicted octanol–water partition coefficient (Wildman–Crippen LogP) is 6.55. The number of aryl methyl sites for hydroxylation is 1. The van der Waals surface area contributed by atoms with Crippen molar-refractivity contribution in [1.29, 1.82) is 0 Å². The van der Waals surface area contributed by atoms with Gasteiger partial charge in [0.05, 0.1) is 16.7 Å². The van der Waals surface area contributed by atoms with Gasteiger partial charge in [-0.25, -0.2) is 0 Å². The van der Waals surface area contributed by atoms with Crippen molar-refractivity contribution in [3.8, 4) is 16.9 Å². The van der Waals surface area contributed by atoms with Gasteiger partial charge in [0.15, 0.2) is 0 Å². The second-order valence-electron chi connectivity index (χ2n) is 7.27. The summed E-state index contributed by atoms with van der Waals surface area (Å²) in [6.45, 7) is 4.11. The van der Waals surface area contributed by atoms with Gasteiger partial charge in [0.25, 0.3) is 5.56 Å². The van der Waals surface area contributed by atoms with Crippen LogP contribution >= 0.6 is 35.0 Å². The van der Waals surface area contributed by atoms with Crippen molar-refractivity contribution in [1.82, 2.24) is 4.57 Å². The van der Waals surface area contributed by atoms with Crippen LogP contribution in [0.3, 0.4) is 0 Å². The van der Waals surface area contributed by atoms with Crippen LogP contribution in [-0.2, 0) is 6.42 Å². The van der Waals surface area contributed by atoms with Crippen molar-refractivity contribution < 1.29 is 9.84 Å². The molecule has 2 aromatic carbocycles. The number of thioether (sulfide) groups is 1. The topological polar surface area (TPSA) is 51.5 Å². The molecule has 0 saturated carbocycles. The summed E-state index contributed by atoms with van der Waals surface area (Å²) in [6.07, 6.45) is 1.38. The Balaban J connectivity index is 1.61. The van der Waals surface area contributed by atoms with Crippen molar-refractivity contribution in [3.05, 3.63) is 92.9 Å². The molecule has 31 heavy (non-hydrogen) atoms. The summed E-state index contributed by atoms with van der Waals surface area (Å²) in [7, 11) is 0. The summed E-state index contributed by atoms with van der Waals surface area (Å²) in [6, 6.07) is 16.4. The van der Waals surface area contributed by atoms with Gasteiger partial charge in [-0.05, 0) is 42.2 Å². The number of nitrogens with zero attached hydrogens (tertiary/aromatic N) is 1. The van der Waals surface area contributed by atoms with Crippen LogP contribution in [-0.4, -0.2) is 22.0 Å². The molecular formula is C24H21Cl2NO3S. The number of pyridine rings is 1. The Hall–Kier alpha value is -2.34. The van der Waals surface area contributed by atoms with Crippen LogP contribution in [0.5, 0.6) is 5.75 Å². The first kappa shape index (κ1) is 21.9. The maximum Gasteiger partial charge on any atom is 0.252 e. The van der Waals surface area contributed by atoms with Gasteiger partial charge in [0.1, 0.15) is 17.6 Å². The van der Waals surface area contributed by atoms with E-state index in [4.69, 9.17) is 27.9 Å². The number of hydrogen-bond acceptors (Lipinski definition) is 4. The minimum atomic E-state index is -0.403. The van der Waals surface area contributed by atoms with E-state index in [1.807, 2.05) is 30.3 Å². The maximum atomic E-state index is 12.9. The zero-order valence-corrected chi connectivity index (χ0v) is 19.0. The summed E-state index contributed by atoms with van der Waals surface area (Å²) in [5.41, 5.74) is 2.90. The van der Waals surface area contributed by atoms with E-state index in [0.717, 1.165) is 21.7 Å². The van der Waals surface area contributed by atoms with E-state index in [2.05, 4.69) is 6.58 Å². The molecule has 0 aliphatic carbocycles. The predicted molar refractivity (Wildman–Crippen MR) is 128 cm³/mol. The molecule has 0 fully saturated rings. The molecule has 1 aliphatic rings. The molecule has 0 unspecified atom stereocenters. The molecule has 0 amide bonds. The van der Waals surface area contributed by atoms with E-state index < -0.39 is 6.04 Å². The van der Waals surface area contributed by atoms with E-state index in [1.54, 1.807) is 40.6 Å². The number of rotatable bonds is 7. The molecule has 4 nitrogen and oxygen atoms in total. The normalized spacial score (nSPS) is 15.0. The molecule has 0 radical (unpaired) electrons. The van der Waals surface area contributed by atoms with E-state index in [-0.39, 0.29) is 11.3 Å². The number of hydrogen-bond donors (Lipinski definition) is 1. The van der Waals surface area contributed by atoms with Gasteiger partial charge >= 0.3 is 0 Å². The Morgan fingerprint density at radius 2 is 1.97 bits per heavy atom. The highest BCUT2D eigenvalue weighted by atomic mass is 35.5. The van der Waals surface area contributed by atoms with Crippen LogP contribution in [0.2, 0.25) is 10.0 Å². The highest BCUT2D eigenvalue weighted by Gasteiger charge is 2.30. The van der Waals surface area contributed by atoms with Crippen LogP contribution < -0.4 is 10.3 Å². The number of halogens is 2. The highest BCUT2D eigenvalue weighted by Crippen LogP contribution is 2.42. The van der Waals surface area contributed by atoms with Gasteiger partial charge in [-0.1, -0.05) is 60.1 Å². The molecule has 1 aliphatic heterocycles. The second-order valence-corrected chi connectivity index (χ2v) is 9.12. The van der Waals surface area contributed by atoms with Crippen LogP contribution in [0, 0.1) is 0 Å². The fourth-order valence-corrected chi connectivity index (χ4v) is 5.58. The lowest BCUT2D eigenvalue weighted by Crippen LogP contribution is -2.25. The summed E-state index contributed by atoms with van der Waals surface area (Å²) < 4.78 is 7.46. The van der Waals surface area contributed by atoms with E-state index in [0.29, 0.717) is 41.0 Å². The maximum absolute atomic E-state index is 12.9. The Labute approximate surface area is 195 Å². The lowest BCUT2D eigenvalue weighted by molar-refractivity contribution is 0.311. The van der Waals surface area contributed by atoms with Gasteiger partial charge in [0, 0.05) is 22.4 Å². The van der Waals surface area contributed by atoms with E-state index >= 15 is 0 Å². The van der Waals surface area contributed by atoms with Crippen LogP contribution in [0.25, 0.3) is 11.1 Å². The second kappa shape index (κ2) is 9.43. The van der Waals surface area contributed by atoms with Crippen LogP contribution in [0.4, 0.5) is 0 Å². The zero-order valence-electron chi connectivity index (χ0n) is 16.7. The van der Waals surface area contributed by atoms with Crippen LogP contribution in [0.1, 0.15) is 18.0 Å². The Kier molecular flexibility index (Phi) is 6.65. The monoisotopic (exact) mass is 473 g/mol. The SMILES string of the molecule is C=C(O)[C@@H]1CSc2c(-c3ccccc3)c(CCCOc3ccc(Cl)cc3Cl)cc(=O)n21. The van der Waals surface area contributed by atoms with E-state index in [1.165, 1.54) is 0 Å². The molecule has 0 spiro atoms. The number of aliphatic hydroxyl groups is 1. The third-order valence-corrected chi connectivity index (χ3v) is 6.85. The third kappa shape index (κ3) is 4.64. The van der Waals surface area contributed by atoms with Gasteiger partial charge in [-0.15, -0.1) is 11.8 Å². The number of aliphatic hydroxyl groups excluding tert-OH is 1. The summed E-state index contributed by atoms with van der Waals surface area (Å²) in [5.74, 6) is 1.18. The molecule has 3 aromatic rings. The van der Waals surface area contributed by atoms with Crippen LogP contribution in [0.15, 0.2) is 76.8 Å². The van der Waals surface area contributed by atoms with Crippen molar-refractivity contribution in [3.63, 3.8) is 0 Å². The molecule has 0 bridgehead atoms. The van der Waals surface area contributed by atoms with Gasteiger partial charge in [-0.3, -0.25) is 9.36 Å². The number of ether oxygens (including phenoxy) is 1. The number of allylic oxidation sites excluding steroid dienone is 1.